The third-order valence-electron chi connectivity index (χ3n) is 2.77. The standard InChI is InChI=1S/C14H15NOS.C4H4O4/c1-15-10-11-4-2-3-5-14(11)17-13-8-6-12(16)7-9-13;5-3(6)1-2-4(7)8/h2-9,15-16H,10H2,1H3;1-2H,(H,5,6)(H,7,8)/b;2-1+. The van der Waals surface area contributed by atoms with Gasteiger partial charge in [0.15, 0.2) is 0 Å². The van der Waals surface area contributed by atoms with Crippen molar-refractivity contribution in [3.63, 3.8) is 0 Å². The van der Waals surface area contributed by atoms with Crippen LogP contribution in [0.5, 0.6) is 5.75 Å². The lowest BCUT2D eigenvalue weighted by atomic mass is 10.2. The molecule has 0 bridgehead atoms. The van der Waals surface area contributed by atoms with Crippen molar-refractivity contribution >= 4 is 23.7 Å². The molecule has 132 valence electrons. The van der Waals surface area contributed by atoms with E-state index in [-0.39, 0.29) is 0 Å². The Kier molecular flexibility index (Phi) is 8.84. The van der Waals surface area contributed by atoms with Gasteiger partial charge >= 0.3 is 11.9 Å². The molecule has 2 aromatic rings. The Morgan fingerprint density at radius 2 is 1.56 bits per heavy atom. The number of aliphatic carboxylic acids is 2. The summed E-state index contributed by atoms with van der Waals surface area (Å²) in [5.41, 5.74) is 1.29. The van der Waals surface area contributed by atoms with E-state index in [1.165, 1.54) is 10.5 Å². The normalized spacial score (nSPS) is 10.1. The van der Waals surface area contributed by atoms with Crippen molar-refractivity contribution in [2.75, 3.05) is 7.05 Å². The lowest BCUT2D eigenvalue weighted by Crippen LogP contribution is -2.05. The number of carbonyl (C=O) groups is 2. The van der Waals surface area contributed by atoms with E-state index < -0.39 is 11.9 Å². The largest absolute Gasteiger partial charge is 0.508 e. The molecule has 0 spiro atoms. The molecule has 0 fully saturated rings. The van der Waals surface area contributed by atoms with Crippen molar-refractivity contribution in [1.29, 1.82) is 0 Å². The Morgan fingerprint density at radius 1 is 1.00 bits per heavy atom. The molecule has 0 atom stereocenters. The van der Waals surface area contributed by atoms with Crippen molar-refractivity contribution in [3.8, 4) is 5.75 Å². The fourth-order valence-corrected chi connectivity index (χ4v) is 2.67. The van der Waals surface area contributed by atoms with Gasteiger partial charge in [0.1, 0.15) is 5.75 Å². The molecule has 0 aliphatic carbocycles. The number of benzene rings is 2. The molecular weight excluding hydrogens is 342 g/mol. The number of hydrogen-bond acceptors (Lipinski definition) is 5. The van der Waals surface area contributed by atoms with E-state index in [1.807, 2.05) is 31.3 Å². The first-order chi connectivity index (χ1) is 11.9. The Morgan fingerprint density at radius 3 is 2.08 bits per heavy atom. The molecule has 0 aliphatic heterocycles. The predicted molar refractivity (Wildman–Crippen MR) is 95.8 cm³/mol. The number of hydrogen-bond donors (Lipinski definition) is 4. The average Bonchev–Trinajstić information content (AvgIpc) is 2.58. The number of aromatic hydroxyl groups is 1. The van der Waals surface area contributed by atoms with Crippen LogP contribution in [0.4, 0.5) is 0 Å². The summed E-state index contributed by atoms with van der Waals surface area (Å²) in [7, 11) is 1.95. The zero-order valence-electron chi connectivity index (χ0n) is 13.5. The van der Waals surface area contributed by atoms with E-state index in [0.717, 1.165) is 11.4 Å². The van der Waals surface area contributed by atoms with Crippen molar-refractivity contribution in [3.05, 3.63) is 66.2 Å². The first kappa shape index (κ1) is 20.3. The highest BCUT2D eigenvalue weighted by Gasteiger charge is 2.03. The molecule has 0 saturated carbocycles. The van der Waals surface area contributed by atoms with E-state index in [9.17, 15) is 14.7 Å². The second-order valence-electron chi connectivity index (χ2n) is 4.74. The number of phenolic OH excluding ortho intramolecular Hbond substituents is 1. The topological polar surface area (TPSA) is 107 Å². The zero-order chi connectivity index (χ0) is 18.7. The third kappa shape index (κ3) is 8.59. The van der Waals surface area contributed by atoms with Gasteiger partial charge in [-0.15, -0.1) is 0 Å². The monoisotopic (exact) mass is 361 g/mol. The molecular formula is C18H19NO5S. The maximum absolute atomic E-state index is 9.55. The minimum absolute atomic E-state index is 0.304. The molecule has 2 rings (SSSR count). The number of rotatable bonds is 6. The predicted octanol–water partition coefficient (Wildman–Crippen LogP) is 2.97. The second kappa shape index (κ2) is 10.9. The Hall–Kier alpha value is -2.77. The smallest absolute Gasteiger partial charge is 0.328 e. The van der Waals surface area contributed by atoms with Gasteiger partial charge in [0.05, 0.1) is 0 Å². The summed E-state index contributed by atoms with van der Waals surface area (Å²) in [6.45, 7) is 0.862. The van der Waals surface area contributed by atoms with Gasteiger partial charge in [-0.1, -0.05) is 30.0 Å². The van der Waals surface area contributed by atoms with Crippen LogP contribution in [0.1, 0.15) is 5.56 Å². The molecule has 6 nitrogen and oxygen atoms in total. The molecule has 25 heavy (non-hydrogen) atoms. The number of nitrogens with one attached hydrogen (secondary N) is 1. The van der Waals surface area contributed by atoms with Crippen molar-refractivity contribution in [2.24, 2.45) is 0 Å². The van der Waals surface area contributed by atoms with Crippen LogP contribution in [0.2, 0.25) is 0 Å². The van der Waals surface area contributed by atoms with Gasteiger partial charge in [0, 0.05) is 28.5 Å². The van der Waals surface area contributed by atoms with Crippen LogP contribution in [0, 0.1) is 0 Å². The van der Waals surface area contributed by atoms with Crippen LogP contribution in [0.15, 0.2) is 70.5 Å². The minimum Gasteiger partial charge on any atom is -0.508 e. The second-order valence-corrected chi connectivity index (χ2v) is 5.86. The van der Waals surface area contributed by atoms with E-state index in [2.05, 4.69) is 17.4 Å². The highest BCUT2D eigenvalue weighted by Crippen LogP contribution is 2.31. The van der Waals surface area contributed by atoms with Gasteiger partial charge in [-0.05, 0) is 42.9 Å². The van der Waals surface area contributed by atoms with E-state index >= 15 is 0 Å². The third-order valence-corrected chi connectivity index (χ3v) is 3.90. The quantitative estimate of drug-likeness (QED) is 0.586. The first-order valence-electron chi connectivity index (χ1n) is 7.25. The summed E-state index contributed by atoms with van der Waals surface area (Å²) in [5, 5.41) is 28.0. The molecule has 0 aromatic heterocycles. The molecule has 0 unspecified atom stereocenters. The molecule has 7 heteroatoms. The molecule has 0 radical (unpaired) electrons. The number of carboxylic acid groups (broad SMARTS) is 2. The molecule has 2 aromatic carbocycles. The fourth-order valence-electron chi connectivity index (χ4n) is 1.72. The summed E-state index contributed by atoms with van der Waals surface area (Å²) in [5.74, 6) is -2.21. The summed E-state index contributed by atoms with van der Waals surface area (Å²) in [6, 6.07) is 15.6. The maximum Gasteiger partial charge on any atom is 0.328 e. The van der Waals surface area contributed by atoms with Gasteiger partial charge < -0.3 is 20.6 Å². The van der Waals surface area contributed by atoms with E-state index in [4.69, 9.17) is 10.2 Å². The summed E-state index contributed by atoms with van der Waals surface area (Å²) >= 11 is 1.71. The Bertz CT molecular complexity index is 713. The van der Waals surface area contributed by atoms with Crippen molar-refractivity contribution < 1.29 is 24.9 Å². The fraction of sp³-hybridized carbons (Fsp3) is 0.111. The van der Waals surface area contributed by atoms with E-state index in [0.29, 0.717) is 17.9 Å². The number of phenols is 1. The van der Waals surface area contributed by atoms with Crippen LogP contribution in [0.25, 0.3) is 0 Å². The van der Waals surface area contributed by atoms with Crippen molar-refractivity contribution in [1.82, 2.24) is 5.32 Å². The summed E-state index contributed by atoms with van der Waals surface area (Å²) < 4.78 is 0. The minimum atomic E-state index is -1.26. The molecule has 0 heterocycles. The maximum atomic E-state index is 9.55. The van der Waals surface area contributed by atoms with Crippen molar-refractivity contribution in [2.45, 2.75) is 16.3 Å². The average molecular weight is 361 g/mol. The SMILES string of the molecule is CNCc1ccccc1Sc1ccc(O)cc1.O=C(O)/C=C/C(=O)O. The molecule has 4 N–H and O–H groups in total. The van der Waals surface area contributed by atoms with Gasteiger partial charge in [0.2, 0.25) is 0 Å². The Balaban J connectivity index is 0.000000333. The summed E-state index contributed by atoms with van der Waals surface area (Å²) in [4.78, 5) is 21.5. The van der Waals surface area contributed by atoms with Crippen LogP contribution < -0.4 is 5.32 Å². The first-order valence-corrected chi connectivity index (χ1v) is 8.07. The lowest BCUT2D eigenvalue weighted by molar-refractivity contribution is -0.134. The zero-order valence-corrected chi connectivity index (χ0v) is 14.4. The molecule has 0 aliphatic rings. The van der Waals surface area contributed by atoms with E-state index in [1.54, 1.807) is 23.9 Å². The van der Waals surface area contributed by atoms with Gasteiger partial charge in [-0.25, -0.2) is 9.59 Å². The Labute approximate surface area is 149 Å². The lowest BCUT2D eigenvalue weighted by Gasteiger charge is -2.08. The highest BCUT2D eigenvalue weighted by atomic mass is 32.2. The molecule has 0 amide bonds. The molecule has 0 saturated heterocycles. The van der Waals surface area contributed by atoms with Gasteiger partial charge in [-0.3, -0.25) is 0 Å². The highest BCUT2D eigenvalue weighted by molar-refractivity contribution is 7.99. The van der Waals surface area contributed by atoms with Gasteiger partial charge in [-0.2, -0.15) is 0 Å². The number of carboxylic acids is 2. The summed E-state index contributed by atoms with van der Waals surface area (Å²) in [6.07, 6.45) is 1.12. The van der Waals surface area contributed by atoms with Crippen LogP contribution in [-0.4, -0.2) is 34.3 Å². The van der Waals surface area contributed by atoms with Crippen LogP contribution in [0.3, 0.4) is 0 Å². The van der Waals surface area contributed by atoms with Gasteiger partial charge in [0.25, 0.3) is 0 Å². The van der Waals surface area contributed by atoms with Crippen LogP contribution in [-0.2, 0) is 16.1 Å². The van der Waals surface area contributed by atoms with Crippen LogP contribution >= 0.6 is 11.8 Å².